The van der Waals surface area contributed by atoms with Crippen LogP contribution < -0.4 is 5.32 Å². The van der Waals surface area contributed by atoms with Crippen molar-refractivity contribution in [1.29, 1.82) is 0 Å². The molecule has 0 spiro atoms. The van der Waals surface area contributed by atoms with Crippen LogP contribution in [0.2, 0.25) is 5.02 Å². The summed E-state index contributed by atoms with van der Waals surface area (Å²) in [6, 6.07) is 11.4. The first-order valence-electron chi connectivity index (χ1n) is 6.24. The van der Waals surface area contributed by atoms with Gasteiger partial charge in [-0.1, -0.05) is 29.8 Å². The number of halogens is 1. The normalized spacial score (nSPS) is 14.1. The molecule has 3 nitrogen and oxygen atoms in total. The smallest absolute Gasteiger partial charge is 0.0928 e. The molecule has 0 bridgehead atoms. The van der Waals surface area contributed by atoms with Gasteiger partial charge in [0, 0.05) is 35.6 Å². The Bertz CT molecular complexity index is 519. The van der Waals surface area contributed by atoms with Gasteiger partial charge in [0.25, 0.3) is 0 Å². The second-order valence-electron chi connectivity index (χ2n) is 4.45. The van der Waals surface area contributed by atoms with Crippen LogP contribution in [0.5, 0.6) is 0 Å². The summed E-state index contributed by atoms with van der Waals surface area (Å²) in [6.45, 7) is 2.50. The van der Waals surface area contributed by atoms with E-state index in [1.807, 2.05) is 30.3 Å². The van der Waals surface area contributed by atoms with E-state index in [0.717, 1.165) is 11.1 Å². The molecule has 2 aromatic rings. The van der Waals surface area contributed by atoms with Crippen molar-refractivity contribution in [3.63, 3.8) is 0 Å². The Labute approximate surface area is 118 Å². The second-order valence-corrected chi connectivity index (χ2v) is 4.85. The maximum atomic E-state index is 10.1. The molecular weight excluding hydrogens is 260 g/mol. The van der Waals surface area contributed by atoms with Crippen LogP contribution >= 0.6 is 11.6 Å². The third-order valence-electron chi connectivity index (χ3n) is 3.09. The van der Waals surface area contributed by atoms with Crippen molar-refractivity contribution < 1.29 is 5.11 Å². The highest BCUT2D eigenvalue weighted by Crippen LogP contribution is 2.22. The van der Waals surface area contributed by atoms with Gasteiger partial charge in [-0.15, -0.1) is 0 Å². The minimum Gasteiger partial charge on any atom is -0.387 e. The van der Waals surface area contributed by atoms with Gasteiger partial charge in [-0.2, -0.15) is 0 Å². The van der Waals surface area contributed by atoms with E-state index in [2.05, 4.69) is 17.2 Å². The van der Waals surface area contributed by atoms with Gasteiger partial charge < -0.3 is 10.4 Å². The molecule has 0 radical (unpaired) electrons. The number of benzene rings is 1. The molecule has 2 rings (SSSR count). The maximum Gasteiger partial charge on any atom is 0.0928 e. The SMILES string of the molecule is C[C@@H](NCC(O)c1ccccc1Cl)c1ccncc1. The van der Waals surface area contributed by atoms with E-state index in [1.54, 1.807) is 18.5 Å². The minimum atomic E-state index is -0.613. The first-order chi connectivity index (χ1) is 9.18. The molecule has 19 heavy (non-hydrogen) atoms. The monoisotopic (exact) mass is 276 g/mol. The number of hydrogen-bond acceptors (Lipinski definition) is 3. The van der Waals surface area contributed by atoms with Gasteiger partial charge in [-0.3, -0.25) is 4.98 Å². The van der Waals surface area contributed by atoms with Crippen LogP contribution in [-0.4, -0.2) is 16.6 Å². The summed E-state index contributed by atoms with van der Waals surface area (Å²) in [7, 11) is 0. The van der Waals surface area contributed by atoms with Crippen molar-refractivity contribution in [3.8, 4) is 0 Å². The molecule has 0 fully saturated rings. The Balaban J connectivity index is 1.94. The average molecular weight is 277 g/mol. The molecule has 0 saturated carbocycles. The molecule has 1 heterocycles. The van der Waals surface area contributed by atoms with E-state index in [1.165, 1.54) is 0 Å². The molecule has 0 saturated heterocycles. The molecular formula is C15H17ClN2O. The van der Waals surface area contributed by atoms with Gasteiger partial charge in [-0.25, -0.2) is 0 Å². The fraction of sp³-hybridized carbons (Fsp3) is 0.267. The van der Waals surface area contributed by atoms with Gasteiger partial charge in [0.15, 0.2) is 0 Å². The molecule has 0 amide bonds. The van der Waals surface area contributed by atoms with E-state index in [9.17, 15) is 5.11 Å². The summed E-state index contributed by atoms with van der Waals surface area (Å²) < 4.78 is 0. The zero-order valence-corrected chi connectivity index (χ0v) is 11.5. The van der Waals surface area contributed by atoms with Crippen molar-refractivity contribution in [2.24, 2.45) is 0 Å². The van der Waals surface area contributed by atoms with Gasteiger partial charge >= 0.3 is 0 Å². The van der Waals surface area contributed by atoms with Crippen LogP contribution in [0, 0.1) is 0 Å². The predicted molar refractivity (Wildman–Crippen MR) is 77.1 cm³/mol. The second kappa shape index (κ2) is 6.66. The van der Waals surface area contributed by atoms with E-state index in [0.29, 0.717) is 11.6 Å². The lowest BCUT2D eigenvalue weighted by atomic mass is 10.1. The molecule has 1 aromatic heterocycles. The van der Waals surface area contributed by atoms with E-state index >= 15 is 0 Å². The number of aliphatic hydroxyl groups is 1. The van der Waals surface area contributed by atoms with Gasteiger partial charge in [-0.05, 0) is 30.7 Å². The third kappa shape index (κ3) is 3.77. The molecule has 2 atom stereocenters. The highest BCUT2D eigenvalue weighted by molar-refractivity contribution is 6.31. The van der Waals surface area contributed by atoms with E-state index in [4.69, 9.17) is 11.6 Å². The Kier molecular flexibility index (Phi) is 4.91. The fourth-order valence-electron chi connectivity index (χ4n) is 1.91. The Morgan fingerprint density at radius 2 is 1.89 bits per heavy atom. The summed E-state index contributed by atoms with van der Waals surface area (Å²) in [5.41, 5.74) is 1.89. The predicted octanol–water partition coefficient (Wildman–Crippen LogP) is 3.12. The lowest BCUT2D eigenvalue weighted by molar-refractivity contribution is 0.171. The van der Waals surface area contributed by atoms with E-state index < -0.39 is 6.10 Å². The van der Waals surface area contributed by atoms with Crippen molar-refractivity contribution in [2.45, 2.75) is 19.1 Å². The molecule has 2 N–H and O–H groups in total. The topological polar surface area (TPSA) is 45.1 Å². The number of aromatic nitrogens is 1. The molecule has 0 aliphatic carbocycles. The van der Waals surface area contributed by atoms with Gasteiger partial charge in [0.05, 0.1) is 6.10 Å². The molecule has 0 aliphatic rings. The van der Waals surface area contributed by atoms with Crippen LogP contribution in [0.4, 0.5) is 0 Å². The Morgan fingerprint density at radius 1 is 1.21 bits per heavy atom. The number of aliphatic hydroxyl groups excluding tert-OH is 1. The lowest BCUT2D eigenvalue weighted by Gasteiger charge is -2.18. The zero-order valence-electron chi connectivity index (χ0n) is 10.8. The van der Waals surface area contributed by atoms with Crippen LogP contribution in [-0.2, 0) is 0 Å². The first kappa shape index (κ1) is 14.0. The van der Waals surface area contributed by atoms with Gasteiger partial charge in [0.1, 0.15) is 0 Å². The quantitative estimate of drug-likeness (QED) is 0.882. The molecule has 0 aliphatic heterocycles. The number of nitrogens with zero attached hydrogens (tertiary/aromatic N) is 1. The van der Waals surface area contributed by atoms with Crippen molar-refractivity contribution in [2.75, 3.05) is 6.54 Å². The molecule has 1 aromatic carbocycles. The van der Waals surface area contributed by atoms with Crippen LogP contribution in [0.15, 0.2) is 48.8 Å². The summed E-state index contributed by atoms with van der Waals surface area (Å²) in [6.07, 6.45) is 2.91. The first-order valence-corrected chi connectivity index (χ1v) is 6.62. The van der Waals surface area contributed by atoms with Crippen molar-refractivity contribution in [3.05, 3.63) is 64.9 Å². The van der Waals surface area contributed by atoms with Crippen LogP contribution in [0.25, 0.3) is 0 Å². The molecule has 1 unspecified atom stereocenters. The number of nitrogens with one attached hydrogen (secondary N) is 1. The largest absolute Gasteiger partial charge is 0.387 e. The highest BCUT2D eigenvalue weighted by Gasteiger charge is 2.12. The van der Waals surface area contributed by atoms with Crippen LogP contribution in [0.3, 0.4) is 0 Å². The summed E-state index contributed by atoms with van der Waals surface area (Å²) in [5.74, 6) is 0. The fourth-order valence-corrected chi connectivity index (χ4v) is 2.18. The number of rotatable bonds is 5. The highest BCUT2D eigenvalue weighted by atomic mass is 35.5. The average Bonchev–Trinajstić information content (AvgIpc) is 2.46. The molecule has 100 valence electrons. The van der Waals surface area contributed by atoms with Crippen molar-refractivity contribution in [1.82, 2.24) is 10.3 Å². The molecule has 4 heteroatoms. The Morgan fingerprint density at radius 3 is 2.58 bits per heavy atom. The minimum absolute atomic E-state index is 0.153. The lowest BCUT2D eigenvalue weighted by Crippen LogP contribution is -2.24. The zero-order chi connectivity index (χ0) is 13.7. The maximum absolute atomic E-state index is 10.1. The van der Waals surface area contributed by atoms with Crippen molar-refractivity contribution >= 4 is 11.6 Å². The summed E-state index contributed by atoms with van der Waals surface area (Å²) >= 11 is 6.06. The van der Waals surface area contributed by atoms with Crippen LogP contribution in [0.1, 0.15) is 30.2 Å². The third-order valence-corrected chi connectivity index (χ3v) is 3.43. The number of pyridine rings is 1. The standard InChI is InChI=1S/C15H17ClN2O/c1-11(12-6-8-17-9-7-12)18-10-15(19)13-4-2-3-5-14(13)16/h2-9,11,15,18-19H,10H2,1H3/t11-,15?/m1/s1. The van der Waals surface area contributed by atoms with Gasteiger partial charge in [0.2, 0.25) is 0 Å². The number of hydrogen-bond donors (Lipinski definition) is 2. The van der Waals surface area contributed by atoms with E-state index in [-0.39, 0.29) is 6.04 Å². The summed E-state index contributed by atoms with van der Waals surface area (Å²) in [4.78, 5) is 3.99. The summed E-state index contributed by atoms with van der Waals surface area (Å²) in [5, 5.41) is 14.0. The Hall–Kier alpha value is -1.42.